The van der Waals surface area contributed by atoms with Crippen LogP contribution in [-0.4, -0.2) is 29.5 Å². The van der Waals surface area contributed by atoms with Crippen molar-refractivity contribution in [2.45, 2.75) is 0 Å². The van der Waals surface area contributed by atoms with Crippen molar-refractivity contribution >= 4 is 20.2 Å². The molecule has 0 amide bonds. The van der Waals surface area contributed by atoms with Crippen LogP contribution < -0.4 is 0 Å². The third-order valence-corrected chi connectivity index (χ3v) is 2.78. The van der Waals surface area contributed by atoms with Gasteiger partial charge in [-0.15, -0.1) is 0 Å². The van der Waals surface area contributed by atoms with Crippen molar-refractivity contribution in [1.29, 1.82) is 0 Å². The summed E-state index contributed by atoms with van der Waals surface area (Å²) in [6.07, 6.45) is 10.7. The molecule has 0 aromatic carbocycles. The van der Waals surface area contributed by atoms with E-state index in [-0.39, 0.29) is 13.1 Å². The van der Waals surface area contributed by atoms with Crippen molar-refractivity contribution in [3.05, 3.63) is 85.7 Å². The van der Waals surface area contributed by atoms with Crippen molar-refractivity contribution in [3.8, 4) is 11.6 Å². The summed E-state index contributed by atoms with van der Waals surface area (Å²) in [6.45, 7) is 0. The quantitative estimate of drug-likeness (QED) is 0.465. The number of halogens is 2. The van der Waals surface area contributed by atoms with Crippen LogP contribution in [0.15, 0.2) is 85.7 Å². The number of rotatable bonds is 2. The van der Waals surface area contributed by atoms with Crippen molar-refractivity contribution in [3.63, 3.8) is 0 Å². The van der Waals surface area contributed by atoms with E-state index in [0.29, 0.717) is 0 Å². The number of aromatic nitrogens is 6. The molecule has 130 valence electrons. The second-order valence-electron chi connectivity index (χ2n) is 4.33. The summed E-state index contributed by atoms with van der Waals surface area (Å²) in [5.74, 6) is 1.69. The molecule has 0 N–H and O–H groups in total. The van der Waals surface area contributed by atoms with Gasteiger partial charge in [0.2, 0.25) is 0 Å². The molecule has 0 atom stereocenters. The van der Waals surface area contributed by atoms with E-state index in [4.69, 9.17) is 20.2 Å². The largest absolute Gasteiger partial charge is 0.237 e. The molecule has 0 saturated heterocycles. The van der Waals surface area contributed by atoms with E-state index in [1.165, 1.54) is 0 Å². The topological polar surface area (TPSA) is 61.4 Å². The molecular formula is C16H14Cl2FeN6. The van der Waals surface area contributed by atoms with Crippen LogP contribution in [0, 0.1) is 0 Å². The summed E-state index contributed by atoms with van der Waals surface area (Å²) >= 11 is 0.194. The van der Waals surface area contributed by atoms with Gasteiger partial charge < -0.3 is 0 Å². The molecule has 0 fully saturated rings. The molecule has 4 rings (SSSR count). The average Bonchev–Trinajstić information content (AvgIpc) is 3.39. The van der Waals surface area contributed by atoms with Crippen LogP contribution in [0.25, 0.3) is 11.6 Å². The Balaban J connectivity index is 0.000000156. The minimum Gasteiger partial charge on any atom is -0.237 e. The van der Waals surface area contributed by atoms with Gasteiger partial charge in [-0.3, -0.25) is 0 Å². The molecule has 0 radical (unpaired) electrons. The maximum absolute atomic E-state index is 4.76. The van der Waals surface area contributed by atoms with Gasteiger partial charge in [0.15, 0.2) is 11.6 Å². The summed E-state index contributed by atoms with van der Waals surface area (Å²) in [6, 6.07) is 15.2. The molecule has 0 spiro atoms. The normalized spacial score (nSPS) is 9.52. The fraction of sp³-hybridized carbons (Fsp3) is 0. The molecule has 0 aliphatic heterocycles. The van der Waals surface area contributed by atoms with E-state index in [2.05, 4.69) is 20.2 Å². The third-order valence-electron chi connectivity index (χ3n) is 2.78. The molecule has 0 aliphatic rings. The van der Waals surface area contributed by atoms with Gasteiger partial charge in [0, 0.05) is 37.2 Å². The molecule has 0 unspecified atom stereocenters. The minimum atomic E-state index is 0.194. The first-order valence-electron chi connectivity index (χ1n) is 7.02. The fourth-order valence-corrected chi connectivity index (χ4v) is 1.79. The maximum atomic E-state index is 4.76. The molecule has 4 heterocycles. The second kappa shape index (κ2) is 11.4. The monoisotopic (exact) mass is 416 g/mol. The summed E-state index contributed by atoms with van der Waals surface area (Å²) in [7, 11) is 9.53. The molecule has 0 bridgehead atoms. The summed E-state index contributed by atoms with van der Waals surface area (Å²) < 4.78 is 3.44. The molecule has 9 heteroatoms. The van der Waals surface area contributed by atoms with Gasteiger partial charge in [-0.05, 0) is 36.4 Å². The molecule has 4 aromatic rings. The second-order valence-corrected chi connectivity index (χ2v) is 6.15. The Hall–Kier alpha value is -2.18. The molecule has 25 heavy (non-hydrogen) atoms. The molecule has 0 aliphatic carbocycles. The summed E-state index contributed by atoms with van der Waals surface area (Å²) in [4.78, 5) is 8.24. The average molecular weight is 417 g/mol. The van der Waals surface area contributed by atoms with Gasteiger partial charge in [-0.2, -0.15) is 10.2 Å². The molecule has 6 nitrogen and oxygen atoms in total. The van der Waals surface area contributed by atoms with Gasteiger partial charge in [-0.25, -0.2) is 19.3 Å². The number of pyridine rings is 2. The van der Waals surface area contributed by atoms with E-state index in [1.54, 1.807) is 34.2 Å². The Morgan fingerprint density at radius 1 is 0.640 bits per heavy atom. The Kier molecular flexibility index (Phi) is 8.72. The van der Waals surface area contributed by atoms with Gasteiger partial charge in [-0.1, -0.05) is 12.1 Å². The Morgan fingerprint density at radius 2 is 1.08 bits per heavy atom. The van der Waals surface area contributed by atoms with Crippen LogP contribution in [0.2, 0.25) is 0 Å². The number of hydrogen-bond acceptors (Lipinski definition) is 4. The van der Waals surface area contributed by atoms with Crippen LogP contribution in [0.1, 0.15) is 0 Å². The smallest absolute Gasteiger partial charge is 0.153 e. The maximum Gasteiger partial charge on any atom is 0.153 e. The first-order valence-corrected chi connectivity index (χ1v) is 10.1. The first-order chi connectivity index (χ1) is 12.3. The first kappa shape index (κ1) is 19.1. The SMILES string of the molecule is [Cl][Fe][Cl].c1ccc(-n2cccn2)nc1.c1ccc(-n2cccn2)nc1. The Bertz CT molecular complexity index is 726. The van der Waals surface area contributed by atoms with Crippen molar-refractivity contribution in [2.24, 2.45) is 0 Å². The van der Waals surface area contributed by atoms with Crippen LogP contribution in [-0.2, 0) is 13.1 Å². The molecule has 0 saturated carbocycles. The van der Waals surface area contributed by atoms with Crippen molar-refractivity contribution < 1.29 is 13.1 Å². The van der Waals surface area contributed by atoms with Crippen molar-refractivity contribution in [2.75, 3.05) is 0 Å². The zero-order chi connectivity index (χ0) is 17.7. The van der Waals surface area contributed by atoms with Crippen molar-refractivity contribution in [1.82, 2.24) is 29.5 Å². The van der Waals surface area contributed by atoms with E-state index >= 15 is 0 Å². The minimum absolute atomic E-state index is 0.194. The van der Waals surface area contributed by atoms with E-state index in [0.717, 1.165) is 11.6 Å². The molecule has 4 aromatic heterocycles. The van der Waals surface area contributed by atoms with Crippen LogP contribution in [0.3, 0.4) is 0 Å². The standard InChI is InChI=1S/2C8H7N3.2ClH.Fe/c2*1-2-5-9-8(4-1)11-7-3-6-10-11;;;/h2*1-7H;2*1H;/q;;;;+2/p-2. The predicted octanol–water partition coefficient (Wildman–Crippen LogP) is 3.91. The predicted molar refractivity (Wildman–Crippen MR) is 94.4 cm³/mol. The Morgan fingerprint density at radius 3 is 1.36 bits per heavy atom. The molecular weight excluding hydrogens is 403 g/mol. The summed E-state index contributed by atoms with van der Waals surface area (Å²) in [5, 5.41) is 8.08. The fourth-order valence-electron chi connectivity index (χ4n) is 1.79. The van der Waals surface area contributed by atoms with Gasteiger partial charge >= 0.3 is 33.3 Å². The number of hydrogen-bond donors (Lipinski definition) is 0. The van der Waals surface area contributed by atoms with Gasteiger partial charge in [0.1, 0.15) is 0 Å². The van der Waals surface area contributed by atoms with E-state index in [1.807, 2.05) is 60.9 Å². The summed E-state index contributed by atoms with van der Waals surface area (Å²) in [5.41, 5.74) is 0. The van der Waals surface area contributed by atoms with Gasteiger partial charge in [0.05, 0.1) is 0 Å². The van der Waals surface area contributed by atoms with Crippen LogP contribution in [0.4, 0.5) is 0 Å². The van der Waals surface area contributed by atoms with Crippen LogP contribution >= 0.6 is 20.2 Å². The van der Waals surface area contributed by atoms with E-state index in [9.17, 15) is 0 Å². The third kappa shape index (κ3) is 6.68. The van der Waals surface area contributed by atoms with E-state index < -0.39 is 0 Å². The Labute approximate surface area is 160 Å². The number of nitrogens with zero attached hydrogens (tertiary/aromatic N) is 6. The zero-order valence-electron chi connectivity index (χ0n) is 12.9. The van der Waals surface area contributed by atoms with Gasteiger partial charge in [0.25, 0.3) is 0 Å². The zero-order valence-corrected chi connectivity index (χ0v) is 15.5. The van der Waals surface area contributed by atoms with Crippen LogP contribution in [0.5, 0.6) is 0 Å².